The first-order valence-corrected chi connectivity index (χ1v) is 6.04. The molecule has 0 bridgehead atoms. The number of benzene rings is 1. The van der Waals surface area contributed by atoms with E-state index in [0.29, 0.717) is 22.2 Å². The van der Waals surface area contributed by atoms with Crippen molar-refractivity contribution in [1.82, 2.24) is 0 Å². The van der Waals surface area contributed by atoms with Crippen LogP contribution in [-0.4, -0.2) is 12.1 Å². The number of ether oxygens (including phenoxy) is 1. The average Bonchev–Trinajstić information content (AvgIpc) is 2.20. The van der Waals surface area contributed by atoms with Crippen LogP contribution in [-0.2, 0) is 4.74 Å². The fourth-order valence-corrected chi connectivity index (χ4v) is 1.80. The lowest BCUT2D eigenvalue weighted by atomic mass is 10.1. The van der Waals surface area contributed by atoms with Gasteiger partial charge in [0, 0.05) is 0 Å². The van der Waals surface area contributed by atoms with Gasteiger partial charge in [0.05, 0.1) is 22.4 Å². The number of nitrogens with two attached hydrogens (primary N) is 1. The molecule has 1 aromatic rings. The van der Waals surface area contributed by atoms with Gasteiger partial charge in [0.25, 0.3) is 0 Å². The molecule has 0 aromatic heterocycles. The molecule has 2 N–H and O–H groups in total. The summed E-state index contributed by atoms with van der Waals surface area (Å²) in [4.78, 5) is 11.8. The summed E-state index contributed by atoms with van der Waals surface area (Å²) in [7, 11) is 0. The number of hydrogen-bond donors (Lipinski definition) is 1. The number of carbonyl (C=O) groups is 1. The van der Waals surface area contributed by atoms with Gasteiger partial charge in [-0.2, -0.15) is 0 Å². The van der Waals surface area contributed by atoms with Crippen molar-refractivity contribution < 1.29 is 9.53 Å². The van der Waals surface area contributed by atoms with Crippen molar-refractivity contribution in [3.63, 3.8) is 0 Å². The van der Waals surface area contributed by atoms with E-state index < -0.39 is 0 Å². The first-order valence-electron chi connectivity index (χ1n) is 5.66. The zero-order valence-corrected chi connectivity index (χ0v) is 11.1. The third-order valence-corrected chi connectivity index (χ3v) is 2.68. The normalized spacial score (nSPS) is 12.5. The maximum Gasteiger partial charge on any atom is 0.338 e. The van der Waals surface area contributed by atoms with Crippen LogP contribution in [0.1, 0.15) is 37.6 Å². The average molecular weight is 256 g/mol. The molecule has 17 heavy (non-hydrogen) atoms. The van der Waals surface area contributed by atoms with Crippen molar-refractivity contribution in [2.45, 2.75) is 33.3 Å². The Morgan fingerprint density at radius 1 is 1.41 bits per heavy atom. The molecule has 94 valence electrons. The van der Waals surface area contributed by atoms with E-state index in [-0.39, 0.29) is 12.1 Å². The maximum absolute atomic E-state index is 11.8. The summed E-state index contributed by atoms with van der Waals surface area (Å²) < 4.78 is 5.30. The number of nitrogen functional groups attached to an aromatic ring is 1. The Labute approximate surface area is 107 Å². The predicted octanol–water partition coefficient (Wildman–Crippen LogP) is 3.51. The van der Waals surface area contributed by atoms with Gasteiger partial charge >= 0.3 is 5.97 Å². The van der Waals surface area contributed by atoms with Crippen LogP contribution in [0, 0.1) is 5.92 Å². The molecule has 0 saturated carbocycles. The van der Waals surface area contributed by atoms with E-state index in [1.807, 2.05) is 6.92 Å². The summed E-state index contributed by atoms with van der Waals surface area (Å²) >= 11 is 5.85. The summed E-state index contributed by atoms with van der Waals surface area (Å²) in [5.41, 5.74) is 6.46. The summed E-state index contributed by atoms with van der Waals surface area (Å²) in [5.74, 6) is 0.132. The van der Waals surface area contributed by atoms with Crippen LogP contribution in [0.4, 0.5) is 5.69 Å². The highest BCUT2D eigenvalue weighted by Crippen LogP contribution is 2.20. The van der Waals surface area contributed by atoms with Gasteiger partial charge in [-0.3, -0.25) is 0 Å². The van der Waals surface area contributed by atoms with Crippen LogP contribution >= 0.6 is 11.6 Å². The summed E-state index contributed by atoms with van der Waals surface area (Å²) in [6, 6.07) is 4.75. The van der Waals surface area contributed by atoms with E-state index in [9.17, 15) is 4.79 Å². The second kappa shape index (κ2) is 5.92. The molecule has 1 rings (SSSR count). The molecule has 1 unspecified atom stereocenters. The Hall–Kier alpha value is -1.22. The number of rotatable bonds is 4. The van der Waals surface area contributed by atoms with E-state index in [1.165, 1.54) is 6.07 Å². The van der Waals surface area contributed by atoms with Crippen LogP contribution < -0.4 is 5.73 Å². The van der Waals surface area contributed by atoms with Crippen LogP contribution in [0.25, 0.3) is 0 Å². The van der Waals surface area contributed by atoms with Gasteiger partial charge in [-0.25, -0.2) is 4.79 Å². The van der Waals surface area contributed by atoms with Crippen molar-refractivity contribution in [3.05, 3.63) is 28.8 Å². The van der Waals surface area contributed by atoms with Gasteiger partial charge in [-0.1, -0.05) is 25.4 Å². The minimum Gasteiger partial charge on any atom is -0.459 e. The van der Waals surface area contributed by atoms with Crippen LogP contribution in [0.15, 0.2) is 18.2 Å². The molecule has 0 amide bonds. The molecule has 0 aliphatic heterocycles. The number of hydrogen-bond acceptors (Lipinski definition) is 3. The van der Waals surface area contributed by atoms with Crippen molar-refractivity contribution in [2.24, 2.45) is 5.92 Å². The monoisotopic (exact) mass is 255 g/mol. The van der Waals surface area contributed by atoms with Gasteiger partial charge < -0.3 is 10.5 Å². The van der Waals surface area contributed by atoms with E-state index >= 15 is 0 Å². The zero-order valence-electron chi connectivity index (χ0n) is 10.4. The first kappa shape index (κ1) is 13.8. The fraction of sp³-hybridized carbons (Fsp3) is 0.462. The number of halogens is 1. The molecule has 4 heteroatoms. The van der Waals surface area contributed by atoms with Crippen LogP contribution in [0.3, 0.4) is 0 Å². The van der Waals surface area contributed by atoms with E-state index in [0.717, 1.165) is 6.42 Å². The lowest BCUT2D eigenvalue weighted by molar-refractivity contribution is 0.0300. The van der Waals surface area contributed by atoms with E-state index in [2.05, 4.69) is 13.8 Å². The molecule has 0 spiro atoms. The maximum atomic E-state index is 11.8. The van der Waals surface area contributed by atoms with Crippen molar-refractivity contribution in [2.75, 3.05) is 5.73 Å². The van der Waals surface area contributed by atoms with Gasteiger partial charge in [0.2, 0.25) is 0 Å². The zero-order chi connectivity index (χ0) is 13.0. The van der Waals surface area contributed by atoms with Crippen LogP contribution in [0.2, 0.25) is 5.02 Å². The topological polar surface area (TPSA) is 52.3 Å². The molecule has 0 saturated heterocycles. The molecule has 0 aliphatic carbocycles. The van der Waals surface area contributed by atoms with E-state index in [1.54, 1.807) is 12.1 Å². The third-order valence-electron chi connectivity index (χ3n) is 2.35. The SMILES string of the molecule is CC(C)CC(C)OC(=O)c1ccc(N)c(Cl)c1. The number of anilines is 1. The van der Waals surface area contributed by atoms with Crippen LogP contribution in [0.5, 0.6) is 0 Å². The molecule has 3 nitrogen and oxygen atoms in total. The Kier molecular flexibility index (Phi) is 4.82. The molecule has 0 heterocycles. The van der Waals surface area contributed by atoms with Crippen molar-refractivity contribution in [3.8, 4) is 0 Å². The predicted molar refractivity (Wildman–Crippen MR) is 70.2 cm³/mol. The fourth-order valence-electron chi connectivity index (χ4n) is 1.62. The van der Waals surface area contributed by atoms with Gasteiger partial charge in [-0.05, 0) is 37.5 Å². The van der Waals surface area contributed by atoms with Gasteiger partial charge in [0.1, 0.15) is 0 Å². The number of carbonyl (C=O) groups excluding carboxylic acids is 1. The second-order valence-corrected chi connectivity index (χ2v) is 4.99. The Morgan fingerprint density at radius 3 is 2.59 bits per heavy atom. The largest absolute Gasteiger partial charge is 0.459 e. The highest BCUT2D eigenvalue weighted by molar-refractivity contribution is 6.33. The lowest BCUT2D eigenvalue weighted by Gasteiger charge is -2.15. The van der Waals surface area contributed by atoms with Crippen molar-refractivity contribution in [1.29, 1.82) is 0 Å². The Morgan fingerprint density at radius 2 is 2.06 bits per heavy atom. The quantitative estimate of drug-likeness (QED) is 0.662. The second-order valence-electron chi connectivity index (χ2n) is 4.58. The van der Waals surface area contributed by atoms with Gasteiger partial charge in [-0.15, -0.1) is 0 Å². The molecule has 1 aromatic carbocycles. The molecule has 0 fully saturated rings. The molecule has 0 aliphatic rings. The third kappa shape index (κ3) is 4.27. The smallest absolute Gasteiger partial charge is 0.338 e. The lowest BCUT2D eigenvalue weighted by Crippen LogP contribution is -2.17. The minimum absolute atomic E-state index is 0.0983. The van der Waals surface area contributed by atoms with E-state index in [4.69, 9.17) is 22.1 Å². The summed E-state index contributed by atoms with van der Waals surface area (Å²) in [6.45, 7) is 6.06. The Balaban J connectivity index is 2.66. The Bertz CT molecular complexity index is 404. The molecular weight excluding hydrogens is 238 g/mol. The van der Waals surface area contributed by atoms with Gasteiger partial charge in [0.15, 0.2) is 0 Å². The minimum atomic E-state index is -0.361. The highest BCUT2D eigenvalue weighted by Gasteiger charge is 2.14. The first-order chi connectivity index (χ1) is 7.90. The standard InChI is InChI=1S/C13H18ClNO2/c1-8(2)6-9(3)17-13(16)10-4-5-12(15)11(14)7-10/h4-5,7-9H,6,15H2,1-3H3. The highest BCUT2D eigenvalue weighted by atomic mass is 35.5. The molecular formula is C13H18ClNO2. The number of esters is 1. The molecule has 0 radical (unpaired) electrons. The van der Waals surface area contributed by atoms with Crippen molar-refractivity contribution >= 4 is 23.3 Å². The summed E-state index contributed by atoms with van der Waals surface area (Å²) in [6.07, 6.45) is 0.743. The summed E-state index contributed by atoms with van der Waals surface area (Å²) in [5, 5.41) is 0.371. The molecule has 1 atom stereocenters.